The second kappa shape index (κ2) is 5.74. The first kappa shape index (κ1) is 13.9. The number of aromatic nitrogens is 2. The molecule has 3 unspecified atom stereocenters. The van der Waals surface area contributed by atoms with Crippen molar-refractivity contribution in [2.45, 2.75) is 32.2 Å². The number of rotatable bonds is 5. The summed E-state index contributed by atoms with van der Waals surface area (Å²) in [6.07, 6.45) is 6.98. The number of halogens is 1. The number of hydrogen-bond donors (Lipinski definition) is 2. The van der Waals surface area contributed by atoms with E-state index in [2.05, 4.69) is 10.4 Å². The van der Waals surface area contributed by atoms with Crippen LogP contribution in [0.15, 0.2) is 11.0 Å². The van der Waals surface area contributed by atoms with Crippen molar-refractivity contribution in [1.29, 1.82) is 0 Å². The van der Waals surface area contributed by atoms with Crippen molar-refractivity contribution in [3.8, 4) is 0 Å². The minimum atomic E-state index is -0.348. The number of nitrogens with zero attached hydrogens (tertiary/aromatic N) is 2. The molecule has 1 aromatic rings. The summed E-state index contributed by atoms with van der Waals surface area (Å²) in [6.45, 7) is 0.915. The normalized spacial score (nSPS) is 28.0. The van der Waals surface area contributed by atoms with Gasteiger partial charge in [0, 0.05) is 6.54 Å². The Hall–Kier alpha value is -1.07. The first-order valence-electron chi connectivity index (χ1n) is 7.29. The van der Waals surface area contributed by atoms with Crippen LogP contribution >= 0.6 is 11.6 Å². The molecule has 0 saturated heterocycles. The highest BCUT2D eigenvalue weighted by Gasteiger charge is 2.39. The van der Waals surface area contributed by atoms with E-state index in [1.54, 1.807) is 6.20 Å². The fraction of sp³-hybridized carbons (Fsp3) is 0.714. The molecule has 2 aliphatic carbocycles. The van der Waals surface area contributed by atoms with Gasteiger partial charge in [-0.1, -0.05) is 18.0 Å². The zero-order chi connectivity index (χ0) is 14.1. The van der Waals surface area contributed by atoms with E-state index in [0.29, 0.717) is 11.6 Å². The van der Waals surface area contributed by atoms with E-state index in [9.17, 15) is 4.79 Å². The standard InChI is InChI=1S/C14H20ClN3O2/c15-13-12(8-17-18(3-4-19)14(13)20)16-7-11-6-9-1-2-10(11)5-9/h8-11,16,19H,1-7H2. The zero-order valence-corrected chi connectivity index (χ0v) is 12.1. The highest BCUT2D eigenvalue weighted by Crippen LogP contribution is 2.48. The zero-order valence-electron chi connectivity index (χ0n) is 11.4. The van der Waals surface area contributed by atoms with E-state index in [-0.39, 0.29) is 23.7 Å². The molecule has 6 heteroatoms. The van der Waals surface area contributed by atoms with Gasteiger partial charge in [-0.05, 0) is 37.0 Å². The Morgan fingerprint density at radius 2 is 2.30 bits per heavy atom. The van der Waals surface area contributed by atoms with E-state index in [1.807, 2.05) is 0 Å². The number of fused-ring (bicyclic) bond motifs is 2. The van der Waals surface area contributed by atoms with Crippen molar-refractivity contribution < 1.29 is 5.11 Å². The van der Waals surface area contributed by atoms with Crippen molar-refractivity contribution in [2.75, 3.05) is 18.5 Å². The maximum atomic E-state index is 11.9. The fourth-order valence-electron chi connectivity index (χ4n) is 3.71. The third-order valence-corrected chi connectivity index (χ3v) is 5.10. The largest absolute Gasteiger partial charge is 0.394 e. The van der Waals surface area contributed by atoms with Gasteiger partial charge in [0.25, 0.3) is 5.56 Å². The van der Waals surface area contributed by atoms with Crippen molar-refractivity contribution in [2.24, 2.45) is 17.8 Å². The van der Waals surface area contributed by atoms with Crippen LogP contribution in [0, 0.1) is 17.8 Å². The molecule has 2 N–H and O–H groups in total. The van der Waals surface area contributed by atoms with Crippen LogP contribution in [0.1, 0.15) is 25.7 Å². The highest BCUT2D eigenvalue weighted by atomic mass is 35.5. The summed E-state index contributed by atoms with van der Waals surface area (Å²) < 4.78 is 1.19. The summed E-state index contributed by atoms with van der Waals surface area (Å²) in [6, 6.07) is 0. The van der Waals surface area contributed by atoms with Crippen LogP contribution in [0.4, 0.5) is 5.69 Å². The molecular weight excluding hydrogens is 278 g/mol. The Labute approximate surface area is 122 Å². The molecule has 0 radical (unpaired) electrons. The molecule has 2 fully saturated rings. The quantitative estimate of drug-likeness (QED) is 0.869. The van der Waals surface area contributed by atoms with Crippen molar-refractivity contribution >= 4 is 17.3 Å². The number of anilines is 1. The highest BCUT2D eigenvalue weighted by molar-refractivity contribution is 6.32. The van der Waals surface area contributed by atoms with Crippen LogP contribution in [0.2, 0.25) is 5.02 Å². The molecule has 20 heavy (non-hydrogen) atoms. The first-order chi connectivity index (χ1) is 9.69. The number of aliphatic hydroxyl groups excluding tert-OH is 1. The van der Waals surface area contributed by atoms with Gasteiger partial charge in [0.15, 0.2) is 0 Å². The molecule has 2 aliphatic rings. The third-order valence-electron chi connectivity index (χ3n) is 4.74. The lowest BCUT2D eigenvalue weighted by molar-refractivity contribution is 0.266. The Balaban J connectivity index is 1.66. The monoisotopic (exact) mass is 297 g/mol. The predicted octanol–water partition coefficient (Wildman–Crippen LogP) is 1.74. The number of nitrogens with one attached hydrogen (secondary N) is 1. The predicted molar refractivity (Wildman–Crippen MR) is 78.0 cm³/mol. The van der Waals surface area contributed by atoms with Gasteiger partial charge >= 0.3 is 0 Å². The van der Waals surface area contributed by atoms with Crippen molar-refractivity contribution in [3.63, 3.8) is 0 Å². The third kappa shape index (κ3) is 2.56. The van der Waals surface area contributed by atoms with Crippen LogP contribution < -0.4 is 10.9 Å². The fourth-order valence-corrected chi connectivity index (χ4v) is 3.92. The Bertz CT molecular complexity index is 546. The molecule has 110 valence electrons. The lowest BCUT2D eigenvalue weighted by atomic mass is 9.89. The van der Waals surface area contributed by atoms with Gasteiger partial charge in [0.05, 0.1) is 25.0 Å². The van der Waals surface area contributed by atoms with E-state index in [0.717, 1.165) is 18.4 Å². The van der Waals surface area contributed by atoms with Gasteiger partial charge in [-0.15, -0.1) is 0 Å². The van der Waals surface area contributed by atoms with Gasteiger partial charge in [0.1, 0.15) is 5.02 Å². The van der Waals surface area contributed by atoms with Crippen LogP contribution in [-0.2, 0) is 6.54 Å². The van der Waals surface area contributed by atoms with E-state index < -0.39 is 0 Å². The summed E-state index contributed by atoms with van der Waals surface area (Å²) in [5.41, 5.74) is 0.257. The SMILES string of the molecule is O=c1c(Cl)c(NCC2CC3CCC2C3)cnn1CCO. The van der Waals surface area contributed by atoms with Crippen LogP contribution in [0.25, 0.3) is 0 Å². The molecule has 5 nitrogen and oxygen atoms in total. The van der Waals surface area contributed by atoms with E-state index in [4.69, 9.17) is 16.7 Å². The minimum absolute atomic E-state index is 0.124. The summed E-state index contributed by atoms with van der Waals surface area (Å²) in [5, 5.41) is 16.3. The van der Waals surface area contributed by atoms with Gasteiger partial charge < -0.3 is 10.4 Å². The van der Waals surface area contributed by atoms with E-state index in [1.165, 1.54) is 30.4 Å². The number of aliphatic hydroxyl groups is 1. The van der Waals surface area contributed by atoms with Gasteiger partial charge in [-0.2, -0.15) is 5.10 Å². The summed E-state index contributed by atoms with van der Waals surface area (Å²) >= 11 is 6.08. The van der Waals surface area contributed by atoms with E-state index >= 15 is 0 Å². The average Bonchev–Trinajstić information content (AvgIpc) is 3.06. The first-order valence-corrected chi connectivity index (χ1v) is 7.67. The van der Waals surface area contributed by atoms with Gasteiger partial charge in [-0.25, -0.2) is 4.68 Å². The van der Waals surface area contributed by atoms with Crippen LogP contribution in [-0.4, -0.2) is 28.0 Å². The maximum absolute atomic E-state index is 11.9. The average molecular weight is 298 g/mol. The topological polar surface area (TPSA) is 67.2 Å². The Morgan fingerprint density at radius 1 is 1.45 bits per heavy atom. The smallest absolute Gasteiger partial charge is 0.287 e. The molecule has 3 rings (SSSR count). The summed E-state index contributed by atoms with van der Waals surface area (Å²) in [4.78, 5) is 11.9. The van der Waals surface area contributed by atoms with Gasteiger partial charge in [0.2, 0.25) is 0 Å². The molecule has 0 aliphatic heterocycles. The van der Waals surface area contributed by atoms with Crippen molar-refractivity contribution in [1.82, 2.24) is 9.78 Å². The van der Waals surface area contributed by atoms with Crippen LogP contribution in [0.5, 0.6) is 0 Å². The minimum Gasteiger partial charge on any atom is -0.394 e. The second-order valence-corrected chi connectivity index (χ2v) is 6.32. The Kier molecular flexibility index (Phi) is 3.98. The molecular formula is C14H20ClN3O2. The molecule has 1 aromatic heterocycles. The Morgan fingerprint density at radius 3 is 2.95 bits per heavy atom. The van der Waals surface area contributed by atoms with Crippen LogP contribution in [0.3, 0.4) is 0 Å². The molecule has 1 heterocycles. The molecule has 3 atom stereocenters. The molecule has 0 amide bonds. The second-order valence-electron chi connectivity index (χ2n) is 5.94. The maximum Gasteiger partial charge on any atom is 0.287 e. The number of hydrogen-bond acceptors (Lipinski definition) is 4. The summed E-state index contributed by atoms with van der Waals surface area (Å²) in [5.74, 6) is 2.46. The molecule has 2 bridgehead atoms. The van der Waals surface area contributed by atoms with Gasteiger partial charge in [-0.3, -0.25) is 4.79 Å². The van der Waals surface area contributed by atoms with Crippen molar-refractivity contribution in [3.05, 3.63) is 21.6 Å². The molecule has 0 spiro atoms. The molecule has 0 aromatic carbocycles. The summed E-state index contributed by atoms with van der Waals surface area (Å²) in [7, 11) is 0. The lowest BCUT2D eigenvalue weighted by Gasteiger charge is -2.22. The lowest BCUT2D eigenvalue weighted by Crippen LogP contribution is -2.27. The molecule has 2 saturated carbocycles.